The van der Waals surface area contributed by atoms with Crippen LogP contribution in [-0.2, 0) is 18.4 Å². The second-order valence-electron chi connectivity index (χ2n) is 7.24. The van der Waals surface area contributed by atoms with Gasteiger partial charge in [0.05, 0.1) is 11.2 Å². The summed E-state index contributed by atoms with van der Waals surface area (Å²) in [5.41, 5.74) is 1.58. The van der Waals surface area contributed by atoms with Gasteiger partial charge in [-0.1, -0.05) is 33.6 Å². The molecule has 0 radical (unpaired) electrons. The number of aryl methyl sites for hydroxylation is 2. The molecule has 1 heterocycles. The Hall–Kier alpha value is -0.410. The Labute approximate surface area is 133 Å². The number of fused-ring (bicyclic) bond motifs is 1. The van der Waals surface area contributed by atoms with Gasteiger partial charge in [0, 0.05) is 4.88 Å². The highest BCUT2D eigenvalue weighted by Gasteiger charge is 2.45. The molecule has 21 heavy (non-hydrogen) atoms. The van der Waals surface area contributed by atoms with Crippen molar-refractivity contribution in [3.63, 3.8) is 0 Å². The minimum absolute atomic E-state index is 0.164. The van der Waals surface area contributed by atoms with Gasteiger partial charge in [-0.3, -0.25) is 0 Å². The summed E-state index contributed by atoms with van der Waals surface area (Å²) in [6, 6.07) is 0. The van der Waals surface area contributed by atoms with Crippen LogP contribution in [0.2, 0.25) is 0 Å². The maximum absolute atomic E-state index is 5.13. The van der Waals surface area contributed by atoms with E-state index >= 15 is 0 Å². The topological polar surface area (TPSA) is 24.9 Å². The van der Waals surface area contributed by atoms with Gasteiger partial charge in [0.2, 0.25) is 0 Å². The first kappa shape index (κ1) is 15.5. The molecule has 1 aromatic heterocycles. The third-order valence-electron chi connectivity index (χ3n) is 5.44. The van der Waals surface area contributed by atoms with Crippen molar-refractivity contribution in [2.75, 3.05) is 6.54 Å². The number of nitrogens with zero attached hydrogens (tertiary/aromatic N) is 1. The lowest BCUT2D eigenvalue weighted by molar-refractivity contribution is 0.0999. The second kappa shape index (κ2) is 6.37. The minimum atomic E-state index is 0.164. The molecule has 118 valence electrons. The summed E-state index contributed by atoms with van der Waals surface area (Å²) in [6.45, 7) is 8.20. The highest BCUT2D eigenvalue weighted by Crippen LogP contribution is 2.47. The zero-order valence-corrected chi connectivity index (χ0v) is 14.7. The van der Waals surface area contributed by atoms with Crippen LogP contribution < -0.4 is 5.32 Å². The number of hydrogen-bond acceptors (Lipinski definition) is 3. The Bertz CT molecular complexity index is 458. The van der Waals surface area contributed by atoms with E-state index < -0.39 is 0 Å². The normalized spacial score (nSPS) is 29.0. The van der Waals surface area contributed by atoms with Crippen molar-refractivity contribution in [3.8, 4) is 0 Å². The van der Waals surface area contributed by atoms with Crippen LogP contribution in [0.4, 0.5) is 0 Å². The third kappa shape index (κ3) is 2.79. The summed E-state index contributed by atoms with van der Waals surface area (Å²) in [6.07, 6.45) is 10.4. The van der Waals surface area contributed by atoms with E-state index in [1.807, 2.05) is 11.3 Å². The van der Waals surface area contributed by atoms with E-state index in [4.69, 9.17) is 4.98 Å². The van der Waals surface area contributed by atoms with Crippen molar-refractivity contribution in [1.29, 1.82) is 0 Å². The molecular weight excluding hydrogens is 276 g/mol. The lowest BCUT2D eigenvalue weighted by atomic mass is 9.68. The number of rotatable bonds is 5. The molecule has 1 aromatic rings. The lowest BCUT2D eigenvalue weighted by Gasteiger charge is -2.46. The molecule has 1 N–H and O–H groups in total. The fourth-order valence-electron chi connectivity index (χ4n) is 4.39. The molecule has 0 aromatic carbocycles. The maximum atomic E-state index is 5.13. The molecule has 0 saturated heterocycles. The van der Waals surface area contributed by atoms with Crippen molar-refractivity contribution in [3.05, 3.63) is 15.6 Å². The lowest BCUT2D eigenvalue weighted by Crippen LogP contribution is -2.52. The van der Waals surface area contributed by atoms with E-state index in [-0.39, 0.29) is 5.54 Å². The minimum Gasteiger partial charge on any atom is -0.305 e. The van der Waals surface area contributed by atoms with Crippen LogP contribution in [0.5, 0.6) is 0 Å². The quantitative estimate of drug-likeness (QED) is 0.855. The van der Waals surface area contributed by atoms with Crippen LogP contribution in [0.1, 0.15) is 74.9 Å². The van der Waals surface area contributed by atoms with Crippen LogP contribution in [0.15, 0.2) is 0 Å². The predicted octanol–water partition coefficient (Wildman–Crippen LogP) is 4.67. The molecule has 2 aliphatic rings. The van der Waals surface area contributed by atoms with Gasteiger partial charge >= 0.3 is 0 Å². The summed E-state index contributed by atoms with van der Waals surface area (Å²) in [4.78, 5) is 6.71. The second-order valence-corrected chi connectivity index (χ2v) is 8.32. The van der Waals surface area contributed by atoms with E-state index in [0.717, 1.165) is 18.4 Å². The molecule has 2 unspecified atom stereocenters. The molecule has 2 atom stereocenters. The first-order valence-electron chi connectivity index (χ1n) is 8.91. The first-order valence-corrected chi connectivity index (χ1v) is 9.73. The Morgan fingerprint density at radius 2 is 2.14 bits per heavy atom. The summed E-state index contributed by atoms with van der Waals surface area (Å²) < 4.78 is 0. The fraction of sp³-hybridized carbons (Fsp3) is 0.833. The molecule has 0 aliphatic heterocycles. The number of thiazole rings is 1. The molecule has 0 amide bonds. The highest BCUT2D eigenvalue weighted by atomic mass is 32.1. The molecule has 1 saturated carbocycles. The summed E-state index contributed by atoms with van der Waals surface area (Å²) >= 11 is 2.03. The van der Waals surface area contributed by atoms with Gasteiger partial charge in [-0.05, 0) is 56.9 Å². The zero-order chi connectivity index (χ0) is 14.9. The molecule has 3 rings (SSSR count). The van der Waals surface area contributed by atoms with Crippen LogP contribution in [0.3, 0.4) is 0 Å². The van der Waals surface area contributed by atoms with Gasteiger partial charge in [0.1, 0.15) is 5.01 Å². The van der Waals surface area contributed by atoms with Gasteiger partial charge in [0.25, 0.3) is 0 Å². The highest BCUT2D eigenvalue weighted by molar-refractivity contribution is 7.12. The summed E-state index contributed by atoms with van der Waals surface area (Å²) in [5, 5.41) is 5.38. The molecule has 2 aliphatic carbocycles. The summed E-state index contributed by atoms with van der Waals surface area (Å²) in [5.74, 6) is 1.47. The Kier molecular flexibility index (Phi) is 4.70. The van der Waals surface area contributed by atoms with Crippen molar-refractivity contribution in [2.24, 2.45) is 11.8 Å². The number of hydrogen-bond donors (Lipinski definition) is 1. The standard InChI is InChI=1S/C18H30N2S/c1-4-12-19-18(11-6-5-8-14(18)13(2)3)17-20-15-9-7-10-16(15)21-17/h13-14,19H,4-12H2,1-3H3. The van der Waals surface area contributed by atoms with Gasteiger partial charge < -0.3 is 5.32 Å². The average Bonchev–Trinajstić information content (AvgIpc) is 3.06. The van der Waals surface area contributed by atoms with E-state index in [1.54, 1.807) is 4.88 Å². The number of aromatic nitrogens is 1. The van der Waals surface area contributed by atoms with Crippen LogP contribution >= 0.6 is 11.3 Å². The maximum Gasteiger partial charge on any atom is 0.114 e. The SMILES string of the molecule is CCCNC1(c2nc3c(s2)CCC3)CCCCC1C(C)C. The Morgan fingerprint density at radius 3 is 2.86 bits per heavy atom. The monoisotopic (exact) mass is 306 g/mol. The van der Waals surface area contributed by atoms with Crippen molar-refractivity contribution in [2.45, 2.75) is 77.7 Å². The van der Waals surface area contributed by atoms with Crippen molar-refractivity contribution >= 4 is 11.3 Å². The first-order chi connectivity index (χ1) is 10.2. The summed E-state index contributed by atoms with van der Waals surface area (Å²) in [7, 11) is 0. The van der Waals surface area contributed by atoms with E-state index in [2.05, 4.69) is 26.1 Å². The average molecular weight is 307 g/mol. The zero-order valence-electron chi connectivity index (χ0n) is 13.9. The van der Waals surface area contributed by atoms with Crippen molar-refractivity contribution < 1.29 is 0 Å². The molecule has 2 nitrogen and oxygen atoms in total. The van der Waals surface area contributed by atoms with Gasteiger partial charge in [-0.2, -0.15) is 0 Å². The molecular formula is C18H30N2S. The molecule has 1 fully saturated rings. The van der Waals surface area contributed by atoms with Gasteiger partial charge in [-0.15, -0.1) is 11.3 Å². The van der Waals surface area contributed by atoms with Crippen LogP contribution in [0, 0.1) is 11.8 Å². The molecule has 3 heteroatoms. The van der Waals surface area contributed by atoms with Crippen LogP contribution in [-0.4, -0.2) is 11.5 Å². The largest absolute Gasteiger partial charge is 0.305 e. The number of nitrogens with one attached hydrogen (secondary N) is 1. The Balaban J connectivity index is 1.97. The fourth-order valence-corrected chi connectivity index (χ4v) is 5.80. The van der Waals surface area contributed by atoms with E-state index in [9.17, 15) is 0 Å². The van der Waals surface area contributed by atoms with Gasteiger partial charge in [0.15, 0.2) is 0 Å². The predicted molar refractivity (Wildman–Crippen MR) is 90.9 cm³/mol. The molecule has 0 spiro atoms. The van der Waals surface area contributed by atoms with Crippen LogP contribution in [0.25, 0.3) is 0 Å². The van der Waals surface area contributed by atoms with E-state index in [1.165, 1.54) is 62.1 Å². The van der Waals surface area contributed by atoms with Crippen molar-refractivity contribution in [1.82, 2.24) is 10.3 Å². The van der Waals surface area contributed by atoms with E-state index in [0.29, 0.717) is 0 Å². The van der Waals surface area contributed by atoms with Gasteiger partial charge in [-0.25, -0.2) is 4.98 Å². The molecule has 0 bridgehead atoms. The third-order valence-corrected chi connectivity index (χ3v) is 6.78. The smallest absolute Gasteiger partial charge is 0.114 e. The Morgan fingerprint density at radius 1 is 1.29 bits per heavy atom.